The SMILES string of the molecule is Cc1ccccc1CC(=O)C(Cc1ccc(O)cc1)NC(=O)c1ccccc1. The van der Waals surface area contributed by atoms with Gasteiger partial charge in [-0.2, -0.15) is 0 Å². The highest BCUT2D eigenvalue weighted by atomic mass is 16.3. The van der Waals surface area contributed by atoms with Gasteiger partial charge in [-0.3, -0.25) is 9.59 Å². The molecule has 3 rings (SSSR count). The van der Waals surface area contributed by atoms with Crippen molar-refractivity contribution < 1.29 is 14.7 Å². The molecule has 1 unspecified atom stereocenters. The van der Waals surface area contributed by atoms with Crippen LogP contribution in [-0.2, 0) is 17.6 Å². The summed E-state index contributed by atoms with van der Waals surface area (Å²) in [7, 11) is 0. The molecule has 2 N–H and O–H groups in total. The second-order valence-electron chi connectivity index (χ2n) is 6.83. The highest BCUT2D eigenvalue weighted by molar-refractivity contribution is 5.98. The lowest BCUT2D eigenvalue weighted by Gasteiger charge is -2.19. The number of aromatic hydroxyl groups is 1. The number of Topliss-reactive ketones (excluding diaryl/α,β-unsaturated/α-hetero) is 1. The summed E-state index contributed by atoms with van der Waals surface area (Å²) < 4.78 is 0. The Morgan fingerprint density at radius 1 is 0.893 bits per heavy atom. The monoisotopic (exact) mass is 373 g/mol. The molecule has 0 fully saturated rings. The van der Waals surface area contributed by atoms with Gasteiger partial charge in [0.2, 0.25) is 0 Å². The molecule has 3 aromatic rings. The molecule has 0 radical (unpaired) electrons. The van der Waals surface area contributed by atoms with Crippen molar-refractivity contribution in [3.63, 3.8) is 0 Å². The Labute approximate surface area is 164 Å². The van der Waals surface area contributed by atoms with Crippen molar-refractivity contribution in [3.8, 4) is 5.75 Å². The summed E-state index contributed by atoms with van der Waals surface area (Å²) in [4.78, 5) is 25.7. The molecule has 4 nitrogen and oxygen atoms in total. The summed E-state index contributed by atoms with van der Waals surface area (Å²) in [6, 6.07) is 22.6. The zero-order chi connectivity index (χ0) is 19.9. The van der Waals surface area contributed by atoms with Crippen LogP contribution in [0.4, 0.5) is 0 Å². The van der Waals surface area contributed by atoms with E-state index in [1.807, 2.05) is 37.3 Å². The van der Waals surface area contributed by atoms with Crippen molar-refractivity contribution in [2.45, 2.75) is 25.8 Å². The Morgan fingerprint density at radius 3 is 2.21 bits per heavy atom. The summed E-state index contributed by atoms with van der Waals surface area (Å²) in [5.41, 5.74) is 3.39. The minimum absolute atomic E-state index is 0.0494. The van der Waals surface area contributed by atoms with Crippen molar-refractivity contribution in [1.29, 1.82) is 0 Å². The average Bonchev–Trinajstić information content (AvgIpc) is 2.71. The lowest BCUT2D eigenvalue weighted by Crippen LogP contribution is -2.43. The Bertz CT molecular complexity index is 949. The van der Waals surface area contributed by atoms with E-state index in [4.69, 9.17) is 0 Å². The van der Waals surface area contributed by atoms with Crippen LogP contribution < -0.4 is 5.32 Å². The van der Waals surface area contributed by atoms with Gasteiger partial charge in [0.1, 0.15) is 5.75 Å². The highest BCUT2D eigenvalue weighted by Gasteiger charge is 2.22. The van der Waals surface area contributed by atoms with Crippen molar-refractivity contribution in [3.05, 3.63) is 101 Å². The maximum Gasteiger partial charge on any atom is 0.251 e. The van der Waals surface area contributed by atoms with Crippen molar-refractivity contribution >= 4 is 11.7 Å². The van der Waals surface area contributed by atoms with E-state index in [9.17, 15) is 14.7 Å². The van der Waals surface area contributed by atoms with E-state index in [2.05, 4.69) is 5.32 Å². The fraction of sp³-hybridized carbons (Fsp3) is 0.167. The molecule has 0 bridgehead atoms. The molecule has 1 amide bonds. The summed E-state index contributed by atoms with van der Waals surface area (Å²) in [6.07, 6.45) is 0.619. The minimum atomic E-state index is -0.656. The van der Waals surface area contributed by atoms with E-state index >= 15 is 0 Å². The molecule has 0 heterocycles. The van der Waals surface area contributed by atoms with Crippen molar-refractivity contribution in [2.24, 2.45) is 0 Å². The maximum absolute atomic E-state index is 13.0. The number of amides is 1. The lowest BCUT2D eigenvalue weighted by molar-refractivity contribution is -0.120. The summed E-state index contributed by atoms with van der Waals surface area (Å²) >= 11 is 0. The van der Waals surface area contributed by atoms with Gasteiger partial charge in [-0.25, -0.2) is 0 Å². The molecule has 0 aromatic heterocycles. The third-order valence-corrected chi connectivity index (χ3v) is 4.73. The van der Waals surface area contributed by atoms with Crippen LogP contribution in [0.15, 0.2) is 78.9 Å². The van der Waals surface area contributed by atoms with E-state index in [0.717, 1.165) is 16.7 Å². The van der Waals surface area contributed by atoms with Gasteiger partial charge in [0.05, 0.1) is 6.04 Å². The molecule has 3 aromatic carbocycles. The zero-order valence-corrected chi connectivity index (χ0v) is 15.8. The largest absolute Gasteiger partial charge is 0.508 e. The van der Waals surface area contributed by atoms with E-state index in [1.54, 1.807) is 48.5 Å². The molecule has 0 saturated carbocycles. The van der Waals surface area contributed by atoms with Crippen LogP contribution in [0, 0.1) is 6.92 Å². The molecule has 4 heteroatoms. The fourth-order valence-electron chi connectivity index (χ4n) is 3.06. The van der Waals surface area contributed by atoms with Crippen LogP contribution in [0.2, 0.25) is 0 Å². The molecule has 0 saturated heterocycles. The number of carbonyl (C=O) groups is 2. The second kappa shape index (κ2) is 9.00. The number of nitrogens with one attached hydrogen (secondary N) is 1. The number of hydrogen-bond donors (Lipinski definition) is 2. The van der Waals surface area contributed by atoms with Gasteiger partial charge in [0.25, 0.3) is 5.91 Å². The standard InChI is InChI=1S/C24H23NO3/c1-17-7-5-6-10-20(17)16-23(27)22(15-18-11-13-21(26)14-12-18)25-24(28)19-8-3-2-4-9-19/h2-14,22,26H,15-16H2,1H3,(H,25,28). The first-order valence-corrected chi connectivity index (χ1v) is 9.24. The van der Waals surface area contributed by atoms with Gasteiger partial charge in [-0.05, 0) is 54.3 Å². The quantitative estimate of drug-likeness (QED) is 0.661. The van der Waals surface area contributed by atoms with Crippen LogP contribution >= 0.6 is 0 Å². The van der Waals surface area contributed by atoms with Crippen LogP contribution in [0.3, 0.4) is 0 Å². The Kier molecular flexibility index (Phi) is 6.22. The first-order valence-electron chi connectivity index (χ1n) is 9.24. The van der Waals surface area contributed by atoms with E-state index in [-0.39, 0.29) is 23.9 Å². The number of hydrogen-bond acceptors (Lipinski definition) is 3. The minimum Gasteiger partial charge on any atom is -0.508 e. The van der Waals surface area contributed by atoms with Gasteiger partial charge in [0.15, 0.2) is 5.78 Å². The second-order valence-corrected chi connectivity index (χ2v) is 6.83. The molecule has 1 atom stereocenters. The average molecular weight is 373 g/mol. The number of carbonyl (C=O) groups excluding carboxylic acids is 2. The van der Waals surface area contributed by atoms with Crippen LogP contribution in [0.25, 0.3) is 0 Å². The van der Waals surface area contributed by atoms with E-state index in [0.29, 0.717) is 12.0 Å². The van der Waals surface area contributed by atoms with Crippen LogP contribution in [0.5, 0.6) is 5.75 Å². The van der Waals surface area contributed by atoms with E-state index < -0.39 is 6.04 Å². The number of benzene rings is 3. The predicted molar refractivity (Wildman–Crippen MR) is 109 cm³/mol. The zero-order valence-electron chi connectivity index (χ0n) is 15.8. The third-order valence-electron chi connectivity index (χ3n) is 4.73. The first-order chi connectivity index (χ1) is 13.5. The fourth-order valence-corrected chi connectivity index (χ4v) is 3.06. The molecule has 0 aliphatic carbocycles. The lowest BCUT2D eigenvalue weighted by atomic mass is 9.95. The first kappa shape index (κ1) is 19.4. The van der Waals surface area contributed by atoms with Gasteiger partial charge in [-0.1, -0.05) is 54.6 Å². The Morgan fingerprint density at radius 2 is 1.54 bits per heavy atom. The molecular weight excluding hydrogens is 350 g/mol. The number of rotatable bonds is 7. The number of phenolic OH excluding ortho intramolecular Hbond substituents is 1. The summed E-state index contributed by atoms with van der Waals surface area (Å²) in [5.74, 6) is -0.158. The maximum atomic E-state index is 13.0. The van der Waals surface area contributed by atoms with Gasteiger partial charge < -0.3 is 10.4 Å². The molecule has 142 valence electrons. The van der Waals surface area contributed by atoms with Gasteiger partial charge in [0, 0.05) is 12.0 Å². The Hall–Kier alpha value is -3.40. The predicted octanol–water partition coefficient (Wildman–Crippen LogP) is 3.85. The number of aryl methyl sites for hydroxylation is 1. The smallest absolute Gasteiger partial charge is 0.251 e. The number of phenols is 1. The van der Waals surface area contributed by atoms with Crippen LogP contribution in [0.1, 0.15) is 27.0 Å². The molecular formula is C24H23NO3. The van der Waals surface area contributed by atoms with Crippen molar-refractivity contribution in [1.82, 2.24) is 5.32 Å². The normalized spacial score (nSPS) is 11.6. The topological polar surface area (TPSA) is 66.4 Å². The van der Waals surface area contributed by atoms with Crippen LogP contribution in [-0.4, -0.2) is 22.8 Å². The summed E-state index contributed by atoms with van der Waals surface area (Å²) in [5, 5.41) is 12.4. The van der Waals surface area contributed by atoms with Gasteiger partial charge in [-0.15, -0.1) is 0 Å². The Balaban J connectivity index is 1.80. The molecule has 28 heavy (non-hydrogen) atoms. The molecule has 0 spiro atoms. The van der Waals surface area contributed by atoms with Crippen molar-refractivity contribution in [2.75, 3.05) is 0 Å². The number of ketones is 1. The summed E-state index contributed by atoms with van der Waals surface area (Å²) in [6.45, 7) is 1.97. The molecule has 0 aliphatic heterocycles. The highest BCUT2D eigenvalue weighted by Crippen LogP contribution is 2.15. The van der Waals surface area contributed by atoms with Gasteiger partial charge >= 0.3 is 0 Å². The molecule has 0 aliphatic rings. The third kappa shape index (κ3) is 5.07. The van der Waals surface area contributed by atoms with E-state index in [1.165, 1.54) is 0 Å².